The average Bonchev–Trinajstić information content (AvgIpc) is 2.67. The predicted octanol–water partition coefficient (Wildman–Crippen LogP) is 5.38. The van der Waals surface area contributed by atoms with E-state index in [2.05, 4.69) is 39.9 Å². The molecule has 1 heterocycles. The first-order valence-corrected chi connectivity index (χ1v) is 11.7. The molecule has 1 aromatic carbocycles. The lowest BCUT2D eigenvalue weighted by molar-refractivity contribution is -0.167. The van der Waals surface area contributed by atoms with Gasteiger partial charge in [-0.15, -0.1) is 0 Å². The second-order valence-electron chi connectivity index (χ2n) is 11.5. The molecular weight excluding hydrogens is 420 g/mol. The molecule has 2 rings (SSSR count). The van der Waals surface area contributed by atoms with Gasteiger partial charge in [0, 0.05) is 19.0 Å². The summed E-state index contributed by atoms with van der Waals surface area (Å²) in [7, 11) is 0. The SMILES string of the molecule is C[C@H]1CN(C(=O)OCc2ccccc2)C[C@@H](NC(=O)OC(C)(C)C)[C@@H]1OC(C)(C)C(C)(C)C. The Morgan fingerprint density at radius 2 is 1.61 bits per heavy atom. The average molecular weight is 463 g/mol. The Labute approximate surface area is 199 Å². The Hall–Kier alpha value is -2.28. The molecule has 1 N–H and O–H groups in total. The van der Waals surface area contributed by atoms with Crippen LogP contribution in [0.2, 0.25) is 0 Å². The molecule has 1 fully saturated rings. The maximum absolute atomic E-state index is 12.8. The Balaban J connectivity index is 2.16. The Kier molecular flexibility index (Phi) is 8.44. The van der Waals surface area contributed by atoms with Crippen molar-refractivity contribution in [1.82, 2.24) is 10.2 Å². The maximum Gasteiger partial charge on any atom is 0.410 e. The number of carbonyl (C=O) groups is 2. The molecule has 0 aliphatic carbocycles. The molecule has 1 aliphatic heterocycles. The highest BCUT2D eigenvalue weighted by molar-refractivity contribution is 5.70. The first kappa shape index (κ1) is 27.0. The number of rotatable bonds is 5. The zero-order valence-electron chi connectivity index (χ0n) is 21.7. The van der Waals surface area contributed by atoms with Crippen LogP contribution in [0.25, 0.3) is 0 Å². The van der Waals surface area contributed by atoms with Gasteiger partial charge in [-0.2, -0.15) is 0 Å². The zero-order chi connectivity index (χ0) is 25.0. The molecule has 33 heavy (non-hydrogen) atoms. The third-order valence-corrected chi connectivity index (χ3v) is 6.29. The van der Waals surface area contributed by atoms with Crippen LogP contribution in [0, 0.1) is 11.3 Å². The number of hydrogen-bond acceptors (Lipinski definition) is 5. The summed E-state index contributed by atoms with van der Waals surface area (Å²) in [6, 6.07) is 9.13. The van der Waals surface area contributed by atoms with Gasteiger partial charge in [0.1, 0.15) is 12.2 Å². The molecule has 0 saturated carbocycles. The van der Waals surface area contributed by atoms with Crippen LogP contribution in [-0.2, 0) is 20.8 Å². The number of ether oxygens (including phenoxy) is 3. The van der Waals surface area contributed by atoms with Crippen molar-refractivity contribution >= 4 is 12.2 Å². The van der Waals surface area contributed by atoms with Gasteiger partial charge in [-0.3, -0.25) is 0 Å². The van der Waals surface area contributed by atoms with Crippen molar-refractivity contribution in [2.24, 2.45) is 11.3 Å². The zero-order valence-corrected chi connectivity index (χ0v) is 21.7. The van der Waals surface area contributed by atoms with Gasteiger partial charge < -0.3 is 24.4 Å². The van der Waals surface area contributed by atoms with E-state index in [9.17, 15) is 9.59 Å². The van der Waals surface area contributed by atoms with E-state index < -0.39 is 29.4 Å². The van der Waals surface area contributed by atoms with Crippen molar-refractivity contribution in [3.8, 4) is 0 Å². The van der Waals surface area contributed by atoms with Crippen molar-refractivity contribution in [3.05, 3.63) is 35.9 Å². The summed E-state index contributed by atoms with van der Waals surface area (Å²) >= 11 is 0. The Bertz CT molecular complexity index is 795. The molecule has 1 aromatic rings. The quantitative estimate of drug-likeness (QED) is 0.636. The van der Waals surface area contributed by atoms with Gasteiger partial charge in [-0.1, -0.05) is 58.0 Å². The van der Waals surface area contributed by atoms with E-state index in [0.717, 1.165) is 5.56 Å². The number of nitrogens with zero attached hydrogens (tertiary/aromatic N) is 1. The molecule has 0 bridgehead atoms. The summed E-state index contributed by atoms with van der Waals surface area (Å²) in [5, 5.41) is 2.95. The second-order valence-corrected chi connectivity index (χ2v) is 11.5. The van der Waals surface area contributed by atoms with Crippen LogP contribution in [0.5, 0.6) is 0 Å². The number of amides is 2. The topological polar surface area (TPSA) is 77.1 Å². The molecule has 0 radical (unpaired) electrons. The third kappa shape index (κ3) is 7.91. The van der Waals surface area contributed by atoms with Gasteiger partial charge in [0.15, 0.2) is 0 Å². The highest BCUT2D eigenvalue weighted by atomic mass is 16.6. The minimum absolute atomic E-state index is 0.0235. The van der Waals surface area contributed by atoms with Crippen molar-refractivity contribution in [3.63, 3.8) is 0 Å². The summed E-state index contributed by atoms with van der Waals surface area (Å²) < 4.78 is 17.6. The molecule has 3 atom stereocenters. The number of carbonyl (C=O) groups excluding carboxylic acids is 2. The van der Waals surface area contributed by atoms with Crippen LogP contribution >= 0.6 is 0 Å². The molecule has 186 valence electrons. The molecular formula is C26H42N2O5. The van der Waals surface area contributed by atoms with Crippen LogP contribution < -0.4 is 5.32 Å². The maximum atomic E-state index is 12.8. The van der Waals surface area contributed by atoms with E-state index in [4.69, 9.17) is 14.2 Å². The third-order valence-electron chi connectivity index (χ3n) is 6.29. The largest absolute Gasteiger partial charge is 0.445 e. The molecule has 0 aromatic heterocycles. The van der Waals surface area contributed by atoms with Gasteiger partial charge in [-0.25, -0.2) is 9.59 Å². The normalized spacial score (nSPS) is 22.0. The van der Waals surface area contributed by atoms with Crippen LogP contribution in [0.15, 0.2) is 30.3 Å². The molecule has 0 spiro atoms. The first-order valence-electron chi connectivity index (χ1n) is 11.7. The number of piperidine rings is 1. The highest BCUT2D eigenvalue weighted by Crippen LogP contribution is 2.37. The lowest BCUT2D eigenvalue weighted by atomic mass is 9.78. The lowest BCUT2D eigenvalue weighted by Gasteiger charge is -2.48. The van der Waals surface area contributed by atoms with E-state index in [0.29, 0.717) is 6.54 Å². The smallest absolute Gasteiger partial charge is 0.410 e. The predicted molar refractivity (Wildman–Crippen MR) is 129 cm³/mol. The standard InChI is InChI=1S/C26H42N2O5/c1-18-15-28(23(30)31-17-19-13-11-10-12-14-19)16-20(27-22(29)33-25(5,6)7)21(18)32-26(8,9)24(2,3)4/h10-14,18,20-21H,15-17H2,1-9H3,(H,27,29)/t18-,20+,21+/m0/s1. The molecule has 1 saturated heterocycles. The summed E-state index contributed by atoms with van der Waals surface area (Å²) in [5.41, 5.74) is -0.266. The summed E-state index contributed by atoms with van der Waals surface area (Å²) in [5.74, 6) is -0.0235. The highest BCUT2D eigenvalue weighted by Gasteiger charge is 2.44. The van der Waals surface area contributed by atoms with Crippen molar-refractivity contribution < 1.29 is 23.8 Å². The van der Waals surface area contributed by atoms with Gasteiger partial charge in [-0.05, 0) is 45.6 Å². The van der Waals surface area contributed by atoms with Crippen molar-refractivity contribution in [2.45, 2.75) is 92.3 Å². The van der Waals surface area contributed by atoms with Gasteiger partial charge in [0.2, 0.25) is 0 Å². The minimum Gasteiger partial charge on any atom is -0.445 e. The molecule has 1 aliphatic rings. The number of alkyl carbamates (subject to hydrolysis) is 1. The van der Waals surface area contributed by atoms with Crippen molar-refractivity contribution in [1.29, 1.82) is 0 Å². The van der Waals surface area contributed by atoms with Gasteiger partial charge in [0.25, 0.3) is 0 Å². The minimum atomic E-state index is -0.625. The van der Waals surface area contributed by atoms with Crippen molar-refractivity contribution in [2.75, 3.05) is 13.1 Å². The van der Waals surface area contributed by atoms with E-state index in [-0.39, 0.29) is 30.6 Å². The monoisotopic (exact) mass is 462 g/mol. The fraction of sp³-hybridized carbons (Fsp3) is 0.692. The van der Waals surface area contributed by atoms with Crippen LogP contribution in [0.3, 0.4) is 0 Å². The van der Waals surface area contributed by atoms with Crippen LogP contribution in [-0.4, -0.2) is 53.5 Å². The Morgan fingerprint density at radius 1 is 1.00 bits per heavy atom. The second kappa shape index (κ2) is 10.3. The first-order chi connectivity index (χ1) is 15.1. The fourth-order valence-corrected chi connectivity index (χ4v) is 3.53. The number of hydrogen-bond donors (Lipinski definition) is 1. The number of nitrogens with one attached hydrogen (secondary N) is 1. The van der Waals surface area contributed by atoms with Gasteiger partial charge in [0.05, 0.1) is 17.7 Å². The van der Waals surface area contributed by atoms with E-state index >= 15 is 0 Å². The number of benzene rings is 1. The molecule has 0 unspecified atom stereocenters. The molecule has 7 nitrogen and oxygen atoms in total. The summed E-state index contributed by atoms with van der Waals surface area (Å²) in [4.78, 5) is 27.1. The molecule has 7 heteroatoms. The summed E-state index contributed by atoms with van der Waals surface area (Å²) in [6.45, 7) is 19.0. The van der Waals surface area contributed by atoms with Gasteiger partial charge >= 0.3 is 12.2 Å². The fourth-order valence-electron chi connectivity index (χ4n) is 3.53. The lowest BCUT2D eigenvalue weighted by Crippen LogP contribution is -2.63. The van der Waals surface area contributed by atoms with E-state index in [1.807, 2.05) is 58.0 Å². The van der Waals surface area contributed by atoms with Crippen LogP contribution in [0.1, 0.15) is 67.9 Å². The van der Waals surface area contributed by atoms with Crippen LogP contribution in [0.4, 0.5) is 9.59 Å². The number of likely N-dealkylation sites (tertiary alicyclic amines) is 1. The Morgan fingerprint density at radius 3 is 2.15 bits per heavy atom. The summed E-state index contributed by atoms with van der Waals surface area (Å²) in [6.07, 6.45) is -1.22. The van der Waals surface area contributed by atoms with E-state index in [1.54, 1.807) is 4.90 Å². The van der Waals surface area contributed by atoms with E-state index in [1.165, 1.54) is 0 Å². The molecule has 2 amide bonds.